The summed E-state index contributed by atoms with van der Waals surface area (Å²) < 4.78 is 28.6. The molecule has 1 atom stereocenters. The molecule has 0 bridgehead atoms. The molecule has 0 saturated carbocycles. The van der Waals surface area contributed by atoms with Gasteiger partial charge in [0.05, 0.1) is 28.0 Å². The van der Waals surface area contributed by atoms with E-state index in [0.717, 1.165) is 18.9 Å². The average molecular weight is 601 g/mol. The van der Waals surface area contributed by atoms with E-state index < -0.39 is 19.5 Å². The number of piperidine rings is 1. The Bertz CT molecular complexity index is 1460. The maximum Gasteiger partial charge on any atom is 0.410 e. The molecule has 0 radical (unpaired) electrons. The highest BCUT2D eigenvalue weighted by Crippen LogP contribution is 2.36. The molecule has 0 aliphatic carbocycles. The second-order valence-corrected chi connectivity index (χ2v) is 18.6. The van der Waals surface area contributed by atoms with Crippen molar-refractivity contribution in [3.63, 3.8) is 0 Å². The maximum absolute atomic E-state index is 15.4. The van der Waals surface area contributed by atoms with Crippen LogP contribution in [0.1, 0.15) is 39.2 Å². The van der Waals surface area contributed by atoms with Crippen LogP contribution < -0.4 is 5.32 Å². The number of fused-ring (bicyclic) bond motifs is 1. The predicted molar refractivity (Wildman–Crippen MR) is 161 cm³/mol. The number of anilines is 1. The SMILES string of the molecule is CC(C)(C)OC(=O)N1CCC[C@H](Nc2ncc(Cl)c(-c3cn(COCC[Si](C)(C)C)c4c(F)c(C#N)ccc34)n2)C1. The smallest absolute Gasteiger partial charge is 0.410 e. The van der Waals surface area contributed by atoms with E-state index in [0.29, 0.717) is 47.3 Å². The van der Waals surface area contributed by atoms with Gasteiger partial charge in [-0.05, 0) is 45.7 Å². The van der Waals surface area contributed by atoms with Crippen molar-refractivity contribution in [2.45, 2.75) is 77.7 Å². The van der Waals surface area contributed by atoms with Crippen LogP contribution in [0, 0.1) is 17.1 Å². The van der Waals surface area contributed by atoms with Gasteiger partial charge in [-0.25, -0.2) is 19.2 Å². The third-order valence-corrected chi connectivity index (χ3v) is 8.71. The summed E-state index contributed by atoms with van der Waals surface area (Å²) in [6, 6.07) is 5.98. The number of nitrogens with one attached hydrogen (secondary N) is 1. The van der Waals surface area contributed by atoms with Gasteiger partial charge in [0, 0.05) is 51.0 Å². The molecule has 220 valence electrons. The molecule has 41 heavy (non-hydrogen) atoms. The van der Waals surface area contributed by atoms with Gasteiger partial charge in [0.25, 0.3) is 0 Å². The minimum absolute atomic E-state index is 0.0477. The van der Waals surface area contributed by atoms with Crippen LogP contribution >= 0.6 is 11.6 Å². The van der Waals surface area contributed by atoms with Crippen molar-refractivity contribution in [3.8, 4) is 17.3 Å². The van der Waals surface area contributed by atoms with Crippen molar-refractivity contribution >= 4 is 42.6 Å². The largest absolute Gasteiger partial charge is 0.444 e. The van der Waals surface area contributed by atoms with Crippen LogP contribution in [0.2, 0.25) is 30.7 Å². The summed E-state index contributed by atoms with van der Waals surface area (Å²) >= 11 is 6.58. The number of ether oxygens (including phenoxy) is 2. The Balaban J connectivity index is 1.61. The second kappa shape index (κ2) is 12.3. The Morgan fingerprint density at radius 3 is 2.76 bits per heavy atom. The summed E-state index contributed by atoms with van der Waals surface area (Å²) in [6.07, 6.45) is 4.56. The highest BCUT2D eigenvalue weighted by atomic mass is 35.5. The Morgan fingerprint density at radius 2 is 2.07 bits per heavy atom. The number of carbonyl (C=O) groups excluding carboxylic acids is 1. The second-order valence-electron chi connectivity index (χ2n) is 12.6. The molecule has 1 amide bonds. The Labute approximate surface area is 246 Å². The van der Waals surface area contributed by atoms with E-state index in [-0.39, 0.29) is 29.9 Å². The number of hydrogen-bond donors (Lipinski definition) is 1. The number of aromatic nitrogens is 3. The van der Waals surface area contributed by atoms with Crippen LogP contribution in [-0.2, 0) is 16.2 Å². The third-order valence-electron chi connectivity index (χ3n) is 6.73. The summed E-state index contributed by atoms with van der Waals surface area (Å²) in [5.74, 6) is -0.264. The lowest BCUT2D eigenvalue weighted by atomic mass is 10.1. The van der Waals surface area contributed by atoms with Crippen molar-refractivity contribution in [2.24, 2.45) is 0 Å². The van der Waals surface area contributed by atoms with Crippen LogP contribution in [0.3, 0.4) is 0 Å². The lowest BCUT2D eigenvalue weighted by Gasteiger charge is -2.34. The van der Waals surface area contributed by atoms with Gasteiger partial charge >= 0.3 is 6.09 Å². The fourth-order valence-electron chi connectivity index (χ4n) is 4.67. The number of amides is 1. The van der Waals surface area contributed by atoms with Crippen molar-refractivity contribution in [3.05, 3.63) is 40.9 Å². The Morgan fingerprint density at radius 1 is 1.32 bits per heavy atom. The monoisotopic (exact) mass is 600 g/mol. The number of nitriles is 1. The third kappa shape index (κ3) is 7.76. The Kier molecular flexibility index (Phi) is 9.26. The molecule has 3 heterocycles. The maximum atomic E-state index is 15.4. The number of hydrogen-bond acceptors (Lipinski definition) is 7. The first kappa shape index (κ1) is 30.7. The van der Waals surface area contributed by atoms with E-state index in [1.54, 1.807) is 21.7 Å². The van der Waals surface area contributed by atoms with Gasteiger partial charge in [-0.2, -0.15) is 5.26 Å². The molecule has 1 aliphatic rings. The molecule has 4 rings (SSSR count). The van der Waals surface area contributed by atoms with Crippen molar-refractivity contribution in [1.82, 2.24) is 19.4 Å². The molecule has 0 unspecified atom stereocenters. The number of likely N-dealkylation sites (tertiary alicyclic amines) is 1. The molecular formula is C29H38ClFN6O3Si. The van der Waals surface area contributed by atoms with Crippen LogP contribution in [0.4, 0.5) is 15.1 Å². The van der Waals surface area contributed by atoms with Gasteiger partial charge in [0.1, 0.15) is 18.4 Å². The topological polar surface area (TPSA) is 105 Å². The standard InChI is InChI=1S/C29H38ClFN6O3Si/c1-29(2,3)40-28(38)36-11-7-8-20(16-36)34-27-33-15-23(30)25(35-27)22-17-37(18-39-12-13-41(4,5)6)26-21(22)10-9-19(14-32)24(26)31/h9-10,15,17,20H,7-8,11-13,16,18H2,1-6H3,(H,33,34,35)/t20-/m0/s1. The highest BCUT2D eigenvalue weighted by Gasteiger charge is 2.28. The van der Waals surface area contributed by atoms with E-state index in [4.69, 9.17) is 26.1 Å². The zero-order valence-electron chi connectivity index (χ0n) is 24.6. The van der Waals surface area contributed by atoms with Crippen molar-refractivity contribution < 1.29 is 18.7 Å². The summed E-state index contributed by atoms with van der Waals surface area (Å²) in [5, 5.41) is 13.6. The zero-order valence-corrected chi connectivity index (χ0v) is 26.3. The molecule has 3 aromatic rings. The lowest BCUT2D eigenvalue weighted by Crippen LogP contribution is -2.47. The van der Waals surface area contributed by atoms with Crippen LogP contribution in [0.25, 0.3) is 22.2 Å². The summed E-state index contributed by atoms with van der Waals surface area (Å²) in [6.45, 7) is 14.1. The van der Waals surface area contributed by atoms with Crippen molar-refractivity contribution in [1.29, 1.82) is 5.26 Å². The van der Waals surface area contributed by atoms with E-state index >= 15 is 4.39 Å². The predicted octanol–water partition coefficient (Wildman–Crippen LogP) is 6.89. The minimum Gasteiger partial charge on any atom is -0.444 e. The average Bonchev–Trinajstić information content (AvgIpc) is 3.26. The van der Waals surface area contributed by atoms with Gasteiger partial charge in [0.15, 0.2) is 5.82 Å². The molecule has 1 N–H and O–H groups in total. The minimum atomic E-state index is -1.30. The summed E-state index contributed by atoms with van der Waals surface area (Å²) in [7, 11) is -1.30. The van der Waals surface area contributed by atoms with Gasteiger partial charge in [0.2, 0.25) is 5.95 Å². The van der Waals surface area contributed by atoms with Crippen LogP contribution in [-0.4, -0.2) is 64.9 Å². The molecule has 1 saturated heterocycles. The van der Waals surface area contributed by atoms with Crippen LogP contribution in [0.15, 0.2) is 24.5 Å². The fraction of sp³-hybridized carbons (Fsp3) is 0.517. The molecule has 1 fully saturated rings. The molecule has 9 nitrogen and oxygen atoms in total. The number of nitrogens with zero attached hydrogens (tertiary/aromatic N) is 5. The first-order valence-corrected chi connectivity index (χ1v) is 17.9. The van der Waals surface area contributed by atoms with Gasteiger partial charge < -0.3 is 24.3 Å². The zero-order chi connectivity index (χ0) is 29.9. The van der Waals surface area contributed by atoms with Crippen molar-refractivity contribution in [2.75, 3.05) is 25.0 Å². The van der Waals surface area contributed by atoms with E-state index in [2.05, 4.69) is 29.9 Å². The normalized spacial score (nSPS) is 16.1. The fourth-order valence-corrected chi connectivity index (χ4v) is 5.62. The summed E-state index contributed by atoms with van der Waals surface area (Å²) in [4.78, 5) is 23.4. The van der Waals surface area contributed by atoms with Gasteiger partial charge in [-0.15, -0.1) is 0 Å². The number of benzene rings is 1. The number of carbonyl (C=O) groups is 1. The first-order valence-electron chi connectivity index (χ1n) is 13.8. The van der Waals surface area contributed by atoms with Gasteiger partial charge in [-0.3, -0.25) is 0 Å². The highest BCUT2D eigenvalue weighted by molar-refractivity contribution is 6.76. The number of halogens is 2. The summed E-state index contributed by atoms with van der Waals surface area (Å²) in [5.41, 5.74) is 0.674. The first-order chi connectivity index (χ1) is 19.3. The molecular weight excluding hydrogens is 563 g/mol. The Hall–Kier alpha value is -3.20. The molecule has 12 heteroatoms. The number of rotatable bonds is 8. The van der Waals surface area contributed by atoms with E-state index in [9.17, 15) is 10.1 Å². The molecule has 1 aromatic carbocycles. The lowest BCUT2D eigenvalue weighted by molar-refractivity contribution is 0.0206. The molecule has 2 aromatic heterocycles. The van der Waals surface area contributed by atoms with Gasteiger partial charge in [-0.1, -0.05) is 37.3 Å². The van der Waals surface area contributed by atoms with E-state index in [1.807, 2.05) is 26.8 Å². The van der Waals surface area contributed by atoms with Crippen LogP contribution in [0.5, 0.6) is 0 Å². The molecule has 0 spiro atoms. The molecule has 1 aliphatic heterocycles. The quantitative estimate of drug-likeness (QED) is 0.222. The van der Waals surface area contributed by atoms with E-state index in [1.165, 1.54) is 12.3 Å².